The van der Waals surface area contributed by atoms with Crippen LogP contribution in [0.25, 0.3) is 0 Å². The first-order valence-corrected chi connectivity index (χ1v) is 11.3. The van der Waals surface area contributed by atoms with Crippen molar-refractivity contribution >= 4 is 11.8 Å². The van der Waals surface area contributed by atoms with Crippen molar-refractivity contribution in [2.24, 2.45) is 0 Å². The van der Waals surface area contributed by atoms with E-state index in [1.165, 1.54) is 6.20 Å². The van der Waals surface area contributed by atoms with Crippen LogP contribution < -0.4 is 5.32 Å². The van der Waals surface area contributed by atoms with Crippen LogP contribution in [0.3, 0.4) is 0 Å². The molecule has 1 aliphatic heterocycles. The molecule has 0 aliphatic carbocycles. The van der Waals surface area contributed by atoms with Gasteiger partial charge in [0.15, 0.2) is 0 Å². The number of morpholine rings is 1. The van der Waals surface area contributed by atoms with Gasteiger partial charge in [0, 0.05) is 45.3 Å². The monoisotopic (exact) mass is 439 g/mol. The van der Waals surface area contributed by atoms with Crippen LogP contribution in [0.15, 0.2) is 42.7 Å². The van der Waals surface area contributed by atoms with Crippen LogP contribution in [0, 0.1) is 6.92 Å². The van der Waals surface area contributed by atoms with Gasteiger partial charge in [0.05, 0.1) is 31.1 Å². The number of carbonyl (C=O) groups is 2. The molecule has 8 nitrogen and oxygen atoms in total. The zero-order chi connectivity index (χ0) is 22.8. The number of rotatable bonds is 10. The molecule has 1 aliphatic rings. The Labute approximate surface area is 190 Å². The molecule has 1 aromatic heterocycles. The zero-order valence-electron chi connectivity index (χ0n) is 19.0. The second kappa shape index (κ2) is 12.3. The first-order valence-electron chi connectivity index (χ1n) is 11.3. The van der Waals surface area contributed by atoms with Crippen LogP contribution in [0.5, 0.6) is 0 Å². The molecule has 2 heterocycles. The number of hydrogen-bond acceptors (Lipinski definition) is 6. The molecule has 1 unspecified atom stereocenters. The molecule has 1 saturated heterocycles. The number of nitrogens with one attached hydrogen (secondary N) is 1. The van der Waals surface area contributed by atoms with Crippen molar-refractivity contribution < 1.29 is 14.3 Å². The number of ether oxygens (including phenoxy) is 1. The van der Waals surface area contributed by atoms with Crippen LogP contribution in [0.2, 0.25) is 0 Å². The van der Waals surface area contributed by atoms with Gasteiger partial charge in [-0.05, 0) is 25.8 Å². The van der Waals surface area contributed by atoms with E-state index in [9.17, 15) is 9.59 Å². The van der Waals surface area contributed by atoms with E-state index in [1.54, 1.807) is 11.1 Å². The molecule has 0 spiro atoms. The van der Waals surface area contributed by atoms with E-state index in [0.717, 1.165) is 50.5 Å². The SMILES string of the molecule is Cc1cnc(C(=O)N(CCCN2CCOCC2)CCC(=O)NC(C)c2ccccc2)cn1. The topological polar surface area (TPSA) is 87.7 Å². The normalized spacial score (nSPS) is 15.2. The van der Waals surface area contributed by atoms with E-state index in [1.807, 2.05) is 44.2 Å². The predicted molar refractivity (Wildman–Crippen MR) is 122 cm³/mol. The summed E-state index contributed by atoms with van der Waals surface area (Å²) in [5.74, 6) is -0.272. The average Bonchev–Trinajstić information content (AvgIpc) is 2.82. The summed E-state index contributed by atoms with van der Waals surface area (Å²) in [6.45, 7) is 8.92. The standard InChI is InChI=1S/C24H33N5O3/c1-19-17-26-22(18-25-19)24(31)29(11-6-10-28-13-15-32-16-14-28)12-9-23(30)27-20(2)21-7-4-3-5-8-21/h3-5,7-8,17-18,20H,6,9-16H2,1-2H3,(H,27,30). The summed E-state index contributed by atoms with van der Waals surface area (Å²) in [4.78, 5) is 38.1. The second-order valence-electron chi connectivity index (χ2n) is 8.09. The summed E-state index contributed by atoms with van der Waals surface area (Å²) in [5, 5.41) is 3.02. The molecular formula is C24H33N5O3. The van der Waals surface area contributed by atoms with E-state index in [2.05, 4.69) is 20.2 Å². The van der Waals surface area contributed by atoms with Crippen LogP contribution >= 0.6 is 0 Å². The van der Waals surface area contributed by atoms with Gasteiger partial charge < -0.3 is 15.0 Å². The summed E-state index contributed by atoms with van der Waals surface area (Å²) in [6.07, 6.45) is 4.16. The molecule has 2 aromatic rings. The molecule has 1 N–H and O–H groups in total. The number of nitrogens with zero attached hydrogens (tertiary/aromatic N) is 4. The van der Waals surface area contributed by atoms with E-state index in [0.29, 0.717) is 18.8 Å². The van der Waals surface area contributed by atoms with Gasteiger partial charge in [0.2, 0.25) is 5.91 Å². The third-order valence-corrected chi connectivity index (χ3v) is 5.58. The Hall–Kier alpha value is -2.84. The van der Waals surface area contributed by atoms with Gasteiger partial charge in [0.1, 0.15) is 5.69 Å². The molecule has 0 radical (unpaired) electrons. The zero-order valence-corrected chi connectivity index (χ0v) is 19.0. The van der Waals surface area contributed by atoms with Gasteiger partial charge in [0.25, 0.3) is 5.91 Å². The fraction of sp³-hybridized carbons (Fsp3) is 0.500. The lowest BCUT2D eigenvalue weighted by molar-refractivity contribution is -0.121. The van der Waals surface area contributed by atoms with E-state index >= 15 is 0 Å². The molecule has 2 amide bonds. The largest absolute Gasteiger partial charge is 0.379 e. The minimum atomic E-state index is -0.191. The number of carbonyl (C=O) groups excluding carboxylic acids is 2. The molecule has 1 atom stereocenters. The van der Waals surface area contributed by atoms with Crippen molar-refractivity contribution in [2.45, 2.75) is 32.7 Å². The Kier molecular flexibility index (Phi) is 9.13. The van der Waals surface area contributed by atoms with Crippen LogP contribution in [0.1, 0.15) is 47.6 Å². The van der Waals surface area contributed by atoms with Gasteiger partial charge in [-0.25, -0.2) is 4.98 Å². The highest BCUT2D eigenvalue weighted by Crippen LogP contribution is 2.12. The Balaban J connectivity index is 1.55. The van der Waals surface area contributed by atoms with Crippen LogP contribution in [-0.2, 0) is 9.53 Å². The molecule has 1 aromatic carbocycles. The lowest BCUT2D eigenvalue weighted by Crippen LogP contribution is -2.40. The fourth-order valence-electron chi connectivity index (χ4n) is 3.67. The summed E-state index contributed by atoms with van der Waals surface area (Å²) in [7, 11) is 0. The quantitative estimate of drug-likeness (QED) is 0.611. The van der Waals surface area contributed by atoms with Crippen molar-refractivity contribution in [2.75, 3.05) is 45.9 Å². The third kappa shape index (κ3) is 7.39. The lowest BCUT2D eigenvalue weighted by atomic mass is 10.1. The first-order chi connectivity index (χ1) is 15.5. The maximum Gasteiger partial charge on any atom is 0.274 e. The molecule has 32 heavy (non-hydrogen) atoms. The maximum atomic E-state index is 13.1. The molecule has 3 rings (SSSR count). The Morgan fingerprint density at radius 1 is 1.12 bits per heavy atom. The molecule has 172 valence electrons. The van der Waals surface area contributed by atoms with E-state index < -0.39 is 0 Å². The van der Waals surface area contributed by atoms with Gasteiger partial charge in [-0.3, -0.25) is 19.5 Å². The Morgan fingerprint density at radius 2 is 1.88 bits per heavy atom. The van der Waals surface area contributed by atoms with Gasteiger partial charge >= 0.3 is 0 Å². The highest BCUT2D eigenvalue weighted by molar-refractivity contribution is 5.92. The summed E-state index contributed by atoms with van der Waals surface area (Å²) >= 11 is 0. The van der Waals surface area contributed by atoms with Crippen molar-refractivity contribution in [3.8, 4) is 0 Å². The maximum absolute atomic E-state index is 13.1. The molecular weight excluding hydrogens is 406 g/mol. The van der Waals surface area contributed by atoms with Crippen molar-refractivity contribution in [3.63, 3.8) is 0 Å². The molecule has 0 saturated carbocycles. The number of aryl methyl sites for hydroxylation is 1. The summed E-state index contributed by atoms with van der Waals surface area (Å²) < 4.78 is 5.40. The number of benzene rings is 1. The van der Waals surface area contributed by atoms with Crippen LogP contribution in [0.4, 0.5) is 0 Å². The highest BCUT2D eigenvalue weighted by atomic mass is 16.5. The van der Waals surface area contributed by atoms with Crippen molar-refractivity contribution in [3.05, 3.63) is 59.7 Å². The van der Waals surface area contributed by atoms with Crippen molar-refractivity contribution in [1.29, 1.82) is 0 Å². The minimum absolute atomic E-state index is 0.0812. The molecule has 0 bridgehead atoms. The van der Waals surface area contributed by atoms with Crippen molar-refractivity contribution in [1.82, 2.24) is 25.1 Å². The van der Waals surface area contributed by atoms with Gasteiger partial charge in [-0.2, -0.15) is 0 Å². The summed E-state index contributed by atoms with van der Waals surface area (Å²) in [5.41, 5.74) is 2.11. The highest BCUT2D eigenvalue weighted by Gasteiger charge is 2.20. The summed E-state index contributed by atoms with van der Waals surface area (Å²) in [6, 6.07) is 9.75. The second-order valence-corrected chi connectivity index (χ2v) is 8.09. The smallest absolute Gasteiger partial charge is 0.274 e. The van der Waals surface area contributed by atoms with E-state index in [-0.39, 0.29) is 24.3 Å². The lowest BCUT2D eigenvalue weighted by Gasteiger charge is -2.28. The number of aromatic nitrogens is 2. The predicted octanol–water partition coefficient (Wildman–Crippen LogP) is 2.22. The molecule has 1 fully saturated rings. The minimum Gasteiger partial charge on any atom is -0.379 e. The van der Waals surface area contributed by atoms with E-state index in [4.69, 9.17) is 4.74 Å². The third-order valence-electron chi connectivity index (χ3n) is 5.58. The van der Waals surface area contributed by atoms with Crippen LogP contribution in [-0.4, -0.2) is 77.5 Å². The van der Waals surface area contributed by atoms with Gasteiger partial charge in [-0.15, -0.1) is 0 Å². The first kappa shape index (κ1) is 23.8. The van der Waals surface area contributed by atoms with Gasteiger partial charge in [-0.1, -0.05) is 30.3 Å². The number of amides is 2. The Bertz CT molecular complexity index is 854. The average molecular weight is 440 g/mol. The Morgan fingerprint density at radius 3 is 2.56 bits per heavy atom. The number of hydrogen-bond donors (Lipinski definition) is 1. The fourth-order valence-corrected chi connectivity index (χ4v) is 3.67. The molecule has 8 heteroatoms.